The summed E-state index contributed by atoms with van der Waals surface area (Å²) in [4.78, 5) is 10.5. The third kappa shape index (κ3) is 4.03. The molecule has 0 amide bonds. The first-order valence-corrected chi connectivity index (χ1v) is 5.68. The first kappa shape index (κ1) is 13.4. The lowest BCUT2D eigenvalue weighted by Gasteiger charge is -2.13. The highest BCUT2D eigenvalue weighted by Crippen LogP contribution is 2.25. The van der Waals surface area contributed by atoms with Crippen molar-refractivity contribution in [2.24, 2.45) is 5.92 Å². The van der Waals surface area contributed by atoms with E-state index < -0.39 is 0 Å². The third-order valence-corrected chi connectivity index (χ3v) is 2.54. The zero-order valence-electron chi connectivity index (χ0n) is 10.5. The molecule has 0 aliphatic carbocycles. The van der Waals surface area contributed by atoms with Gasteiger partial charge in [0, 0.05) is 12.6 Å². The Hall–Kier alpha value is -1.62. The molecule has 5 heteroatoms. The van der Waals surface area contributed by atoms with Gasteiger partial charge in [-0.25, -0.2) is 0 Å². The van der Waals surface area contributed by atoms with Crippen molar-refractivity contribution in [3.63, 3.8) is 0 Å². The van der Waals surface area contributed by atoms with Gasteiger partial charge in [0.2, 0.25) is 0 Å². The molecule has 0 fully saturated rings. The van der Waals surface area contributed by atoms with Crippen molar-refractivity contribution in [3.05, 3.63) is 33.9 Å². The van der Waals surface area contributed by atoms with Gasteiger partial charge in [0.25, 0.3) is 5.69 Å². The van der Waals surface area contributed by atoms with Gasteiger partial charge in [-0.3, -0.25) is 10.1 Å². The van der Waals surface area contributed by atoms with Crippen LogP contribution in [0.4, 0.5) is 11.4 Å². The van der Waals surface area contributed by atoms with Crippen LogP contribution in [0.15, 0.2) is 18.2 Å². The summed E-state index contributed by atoms with van der Waals surface area (Å²) in [6, 6.07) is 5.22. The maximum absolute atomic E-state index is 10.9. The van der Waals surface area contributed by atoms with Gasteiger partial charge in [-0.1, -0.05) is 13.0 Å². The van der Waals surface area contributed by atoms with Gasteiger partial charge in [-0.15, -0.1) is 0 Å². The molecule has 0 radical (unpaired) electrons. The van der Waals surface area contributed by atoms with Crippen LogP contribution >= 0.6 is 0 Å². The van der Waals surface area contributed by atoms with Crippen molar-refractivity contribution in [1.82, 2.24) is 5.32 Å². The molecule has 0 heterocycles. The number of benzene rings is 1. The molecule has 1 atom stereocenters. The number of nitrogens with zero attached hydrogens (tertiary/aromatic N) is 1. The standard InChI is InChI=1S/C12H19N3O2/c1-9-4-5-11(12(6-9)15(16)17)14-8-10(2)7-13-3/h4-6,10,13-14H,7-8H2,1-3H3. The van der Waals surface area contributed by atoms with Gasteiger partial charge < -0.3 is 10.6 Å². The Bertz CT molecular complexity index is 393. The zero-order valence-corrected chi connectivity index (χ0v) is 10.5. The molecule has 0 spiro atoms. The number of rotatable bonds is 6. The molecular formula is C12H19N3O2. The minimum atomic E-state index is -0.349. The molecular weight excluding hydrogens is 218 g/mol. The van der Waals surface area contributed by atoms with Crippen molar-refractivity contribution < 1.29 is 4.92 Å². The SMILES string of the molecule is CNCC(C)CNc1ccc(C)cc1[N+](=O)[O-]. The first-order chi connectivity index (χ1) is 8.04. The van der Waals surface area contributed by atoms with Gasteiger partial charge >= 0.3 is 0 Å². The Morgan fingerprint density at radius 3 is 2.71 bits per heavy atom. The van der Waals surface area contributed by atoms with Gasteiger partial charge in [-0.05, 0) is 38.1 Å². The Labute approximate surface area is 101 Å². The highest BCUT2D eigenvalue weighted by molar-refractivity contribution is 5.62. The van der Waals surface area contributed by atoms with Gasteiger partial charge in [0.15, 0.2) is 0 Å². The maximum atomic E-state index is 10.9. The largest absolute Gasteiger partial charge is 0.379 e. The number of aryl methyl sites for hydroxylation is 1. The fraction of sp³-hybridized carbons (Fsp3) is 0.500. The second-order valence-corrected chi connectivity index (χ2v) is 4.32. The van der Waals surface area contributed by atoms with Crippen LogP contribution in [0.25, 0.3) is 0 Å². The van der Waals surface area contributed by atoms with E-state index in [0.29, 0.717) is 18.2 Å². The summed E-state index contributed by atoms with van der Waals surface area (Å²) in [6.45, 7) is 5.53. The second kappa shape index (κ2) is 6.20. The molecule has 0 aliphatic rings. The minimum Gasteiger partial charge on any atom is -0.379 e. The van der Waals surface area contributed by atoms with Crippen molar-refractivity contribution in [3.8, 4) is 0 Å². The number of hydrogen-bond acceptors (Lipinski definition) is 4. The Morgan fingerprint density at radius 1 is 1.41 bits per heavy atom. The van der Waals surface area contributed by atoms with E-state index in [1.165, 1.54) is 0 Å². The summed E-state index contributed by atoms with van der Waals surface area (Å²) in [5.41, 5.74) is 1.62. The highest BCUT2D eigenvalue weighted by atomic mass is 16.6. The van der Waals surface area contributed by atoms with Crippen LogP contribution in [0.5, 0.6) is 0 Å². The quantitative estimate of drug-likeness (QED) is 0.587. The molecule has 1 rings (SSSR count). The van der Waals surface area contributed by atoms with Crippen LogP contribution in [0.1, 0.15) is 12.5 Å². The highest BCUT2D eigenvalue weighted by Gasteiger charge is 2.13. The molecule has 17 heavy (non-hydrogen) atoms. The van der Waals surface area contributed by atoms with Crippen molar-refractivity contribution in [2.75, 3.05) is 25.5 Å². The van der Waals surface area contributed by atoms with Crippen molar-refractivity contribution in [2.45, 2.75) is 13.8 Å². The molecule has 0 saturated heterocycles. The lowest BCUT2D eigenvalue weighted by molar-refractivity contribution is -0.384. The predicted molar refractivity (Wildman–Crippen MR) is 69.4 cm³/mol. The summed E-state index contributed by atoms with van der Waals surface area (Å²) >= 11 is 0. The maximum Gasteiger partial charge on any atom is 0.292 e. The van der Waals surface area contributed by atoms with Crippen molar-refractivity contribution in [1.29, 1.82) is 0 Å². The molecule has 5 nitrogen and oxygen atoms in total. The number of hydrogen-bond donors (Lipinski definition) is 2. The summed E-state index contributed by atoms with van der Waals surface area (Å²) in [5, 5.41) is 17.1. The number of anilines is 1. The van der Waals surface area contributed by atoms with Crippen LogP contribution in [-0.2, 0) is 0 Å². The lowest BCUT2D eigenvalue weighted by Crippen LogP contribution is -2.23. The van der Waals surface area contributed by atoms with E-state index in [2.05, 4.69) is 17.6 Å². The smallest absolute Gasteiger partial charge is 0.292 e. The van der Waals surface area contributed by atoms with E-state index in [9.17, 15) is 10.1 Å². The van der Waals surface area contributed by atoms with E-state index >= 15 is 0 Å². The zero-order chi connectivity index (χ0) is 12.8. The average molecular weight is 237 g/mol. The predicted octanol–water partition coefficient (Wildman–Crippen LogP) is 2.17. The Kier molecular flexibility index (Phi) is 4.90. The van der Waals surface area contributed by atoms with E-state index in [1.54, 1.807) is 12.1 Å². The van der Waals surface area contributed by atoms with Crippen molar-refractivity contribution >= 4 is 11.4 Å². The number of nitrogens with one attached hydrogen (secondary N) is 2. The second-order valence-electron chi connectivity index (χ2n) is 4.32. The monoisotopic (exact) mass is 237 g/mol. The summed E-state index contributed by atoms with van der Waals surface area (Å²) in [7, 11) is 1.89. The van der Waals surface area contributed by atoms with Gasteiger partial charge in [0.05, 0.1) is 4.92 Å². The van der Waals surface area contributed by atoms with Crippen LogP contribution in [0, 0.1) is 23.0 Å². The van der Waals surface area contributed by atoms with E-state index in [4.69, 9.17) is 0 Å². The molecule has 1 aromatic carbocycles. The minimum absolute atomic E-state index is 0.140. The van der Waals surface area contributed by atoms with E-state index in [0.717, 1.165) is 12.1 Å². The van der Waals surface area contributed by atoms with E-state index in [1.807, 2.05) is 20.0 Å². The number of nitro benzene ring substituents is 1. The molecule has 2 N–H and O–H groups in total. The Morgan fingerprint density at radius 2 is 2.12 bits per heavy atom. The third-order valence-electron chi connectivity index (χ3n) is 2.54. The lowest BCUT2D eigenvalue weighted by atomic mass is 10.1. The Balaban J connectivity index is 2.73. The molecule has 94 valence electrons. The molecule has 0 bridgehead atoms. The molecule has 1 unspecified atom stereocenters. The normalized spacial score (nSPS) is 12.2. The summed E-state index contributed by atoms with van der Waals surface area (Å²) in [6.07, 6.45) is 0. The first-order valence-electron chi connectivity index (χ1n) is 5.68. The molecule has 0 aliphatic heterocycles. The van der Waals surface area contributed by atoms with Crippen LogP contribution in [-0.4, -0.2) is 25.1 Å². The average Bonchev–Trinajstić information content (AvgIpc) is 2.27. The van der Waals surface area contributed by atoms with E-state index in [-0.39, 0.29) is 10.6 Å². The van der Waals surface area contributed by atoms with Crippen LogP contribution < -0.4 is 10.6 Å². The van der Waals surface area contributed by atoms with Gasteiger partial charge in [0.1, 0.15) is 5.69 Å². The summed E-state index contributed by atoms with van der Waals surface area (Å²) < 4.78 is 0. The molecule has 0 aromatic heterocycles. The molecule has 1 aromatic rings. The summed E-state index contributed by atoms with van der Waals surface area (Å²) in [5.74, 6) is 0.418. The fourth-order valence-electron chi connectivity index (χ4n) is 1.65. The van der Waals surface area contributed by atoms with Gasteiger partial charge in [-0.2, -0.15) is 0 Å². The van der Waals surface area contributed by atoms with Crippen LogP contribution in [0.3, 0.4) is 0 Å². The van der Waals surface area contributed by atoms with Crippen LogP contribution in [0.2, 0.25) is 0 Å². The fourth-order valence-corrected chi connectivity index (χ4v) is 1.65. The molecule has 0 saturated carbocycles. The number of nitro groups is 1. The topological polar surface area (TPSA) is 67.2 Å².